The number of hydrogen-bond acceptors (Lipinski definition) is 2. The number of nitrogens with two attached hydrogens (primary N) is 1. The van der Waals surface area contributed by atoms with Crippen molar-refractivity contribution >= 4 is 11.8 Å². The number of hydrogen-bond donors (Lipinski definition) is 1. The maximum absolute atomic E-state index is 5.48. The molecule has 0 saturated heterocycles. The van der Waals surface area contributed by atoms with E-state index < -0.39 is 0 Å². The molecule has 1 aromatic heterocycles. The largest absolute Gasteiger partial charge is 0.404 e. The van der Waals surface area contributed by atoms with Gasteiger partial charge in [0.25, 0.3) is 0 Å². The predicted octanol–water partition coefficient (Wildman–Crippen LogP) is 0.443. The van der Waals surface area contributed by atoms with Gasteiger partial charge in [-0.2, -0.15) is 0 Å². The van der Waals surface area contributed by atoms with Crippen molar-refractivity contribution in [3.63, 3.8) is 0 Å². The van der Waals surface area contributed by atoms with E-state index in [-0.39, 0.29) is 0 Å². The van der Waals surface area contributed by atoms with Gasteiger partial charge in [0.15, 0.2) is 0 Å². The van der Waals surface area contributed by atoms with E-state index in [4.69, 9.17) is 5.73 Å². The second-order valence-electron chi connectivity index (χ2n) is 2.94. The Labute approximate surface area is 78.1 Å². The van der Waals surface area contributed by atoms with E-state index in [0.29, 0.717) is 0 Å². The average molecular weight is 174 g/mol. The second kappa shape index (κ2) is 3.90. The third-order valence-corrected chi connectivity index (χ3v) is 1.92. The van der Waals surface area contributed by atoms with Gasteiger partial charge in [0.05, 0.1) is 5.35 Å². The van der Waals surface area contributed by atoms with Crippen molar-refractivity contribution < 1.29 is 0 Å². The molecule has 13 heavy (non-hydrogen) atoms. The molecule has 68 valence electrons. The van der Waals surface area contributed by atoms with Crippen LogP contribution >= 0.6 is 0 Å². The first-order chi connectivity index (χ1) is 6.19. The Bertz CT molecular complexity index is 430. The van der Waals surface area contributed by atoms with E-state index in [9.17, 15) is 0 Å². The molecule has 0 aromatic carbocycles. The van der Waals surface area contributed by atoms with Gasteiger partial charge in [-0.1, -0.05) is 12.7 Å². The van der Waals surface area contributed by atoms with E-state index in [1.54, 1.807) is 12.3 Å². The third-order valence-electron chi connectivity index (χ3n) is 1.92. The van der Waals surface area contributed by atoms with Gasteiger partial charge in [0.1, 0.15) is 0 Å². The van der Waals surface area contributed by atoms with Crippen molar-refractivity contribution in [1.29, 1.82) is 0 Å². The summed E-state index contributed by atoms with van der Waals surface area (Å²) >= 11 is 0. The zero-order valence-electron chi connectivity index (χ0n) is 8.04. The molecule has 1 heterocycles. The monoisotopic (exact) mass is 174 g/mol. The van der Waals surface area contributed by atoms with Crippen LogP contribution in [0, 0.1) is 6.92 Å². The highest BCUT2D eigenvalue weighted by atomic mass is 14.7. The Balaban J connectivity index is 3.70. The van der Waals surface area contributed by atoms with Crippen LogP contribution in [0.25, 0.3) is 11.8 Å². The topological polar surface area (TPSA) is 38.9 Å². The molecule has 2 heteroatoms. The van der Waals surface area contributed by atoms with E-state index in [1.807, 2.05) is 26.0 Å². The fourth-order valence-corrected chi connectivity index (χ4v) is 1.11. The van der Waals surface area contributed by atoms with E-state index in [0.717, 1.165) is 21.8 Å². The van der Waals surface area contributed by atoms with Crippen molar-refractivity contribution in [2.45, 2.75) is 13.8 Å². The van der Waals surface area contributed by atoms with Crippen LogP contribution < -0.4 is 16.3 Å². The molecular weight excluding hydrogens is 160 g/mol. The van der Waals surface area contributed by atoms with Crippen molar-refractivity contribution in [2.75, 3.05) is 0 Å². The summed E-state index contributed by atoms with van der Waals surface area (Å²) in [5.74, 6) is 0. The minimum atomic E-state index is 0.914. The molecule has 1 rings (SSSR count). The van der Waals surface area contributed by atoms with Crippen LogP contribution in [0.5, 0.6) is 0 Å². The maximum Gasteiger partial charge on any atom is 0.0748 e. The quantitative estimate of drug-likeness (QED) is 0.671. The summed E-state index contributed by atoms with van der Waals surface area (Å²) in [4.78, 5) is 4.40. The first-order valence-electron chi connectivity index (χ1n) is 4.18. The Morgan fingerprint density at radius 2 is 2.23 bits per heavy atom. The number of nitrogens with zero attached hydrogens (tertiary/aromatic N) is 1. The van der Waals surface area contributed by atoms with Crippen LogP contribution in [0.4, 0.5) is 0 Å². The van der Waals surface area contributed by atoms with Gasteiger partial charge in [-0.05, 0) is 31.6 Å². The lowest BCUT2D eigenvalue weighted by molar-refractivity contribution is 1.12. The van der Waals surface area contributed by atoms with Gasteiger partial charge in [0.2, 0.25) is 0 Å². The molecule has 0 amide bonds. The first kappa shape index (κ1) is 9.52. The molecule has 0 aliphatic heterocycles. The molecule has 0 aliphatic carbocycles. The minimum absolute atomic E-state index is 0.914. The fourth-order valence-electron chi connectivity index (χ4n) is 1.11. The van der Waals surface area contributed by atoms with Crippen LogP contribution in [-0.2, 0) is 0 Å². The van der Waals surface area contributed by atoms with Crippen LogP contribution in [0.15, 0.2) is 24.8 Å². The summed E-state index contributed by atoms with van der Waals surface area (Å²) in [6, 6.07) is 3.91. The average Bonchev–Trinajstić information content (AvgIpc) is 2.16. The van der Waals surface area contributed by atoms with Crippen molar-refractivity contribution in [3.05, 3.63) is 41.0 Å². The molecule has 0 fully saturated rings. The van der Waals surface area contributed by atoms with Crippen LogP contribution in [0.2, 0.25) is 0 Å². The lowest BCUT2D eigenvalue weighted by Gasteiger charge is -1.95. The molecule has 0 radical (unpaired) electrons. The number of rotatable bonds is 1. The number of pyridine rings is 1. The summed E-state index contributed by atoms with van der Waals surface area (Å²) in [6.45, 7) is 7.64. The summed E-state index contributed by atoms with van der Waals surface area (Å²) in [7, 11) is 0. The van der Waals surface area contributed by atoms with Crippen LogP contribution in [0.1, 0.15) is 12.6 Å². The number of aromatic nitrogens is 1. The Morgan fingerprint density at radius 1 is 1.54 bits per heavy atom. The van der Waals surface area contributed by atoms with E-state index in [1.165, 1.54) is 0 Å². The molecule has 0 spiro atoms. The smallest absolute Gasteiger partial charge is 0.0748 e. The van der Waals surface area contributed by atoms with Gasteiger partial charge in [-0.3, -0.25) is 4.98 Å². The molecular formula is C11H14N2. The van der Waals surface area contributed by atoms with Gasteiger partial charge >= 0.3 is 0 Å². The predicted molar refractivity (Wildman–Crippen MR) is 56.2 cm³/mol. The highest BCUT2D eigenvalue weighted by molar-refractivity contribution is 5.52. The normalized spacial score (nSPS) is 14.2. The van der Waals surface area contributed by atoms with Crippen LogP contribution in [0.3, 0.4) is 0 Å². The van der Waals surface area contributed by atoms with Crippen LogP contribution in [-0.4, -0.2) is 4.98 Å². The molecule has 0 saturated carbocycles. The lowest BCUT2D eigenvalue weighted by atomic mass is 10.2. The third kappa shape index (κ3) is 1.96. The van der Waals surface area contributed by atoms with Crippen molar-refractivity contribution in [3.8, 4) is 0 Å². The maximum atomic E-state index is 5.48. The zero-order valence-corrected chi connectivity index (χ0v) is 8.04. The van der Waals surface area contributed by atoms with Gasteiger partial charge in [0, 0.05) is 17.1 Å². The zero-order chi connectivity index (χ0) is 9.84. The van der Waals surface area contributed by atoms with Crippen molar-refractivity contribution in [2.24, 2.45) is 5.73 Å². The summed E-state index contributed by atoms with van der Waals surface area (Å²) in [5, 5.41) is 1.86. The molecule has 0 unspecified atom stereocenters. The fraction of sp³-hybridized carbons (Fsp3) is 0.182. The summed E-state index contributed by atoms with van der Waals surface area (Å²) in [5.41, 5.74) is 7.51. The SMILES string of the molecule is C=C/C(C)=c1/nc(C)cc/c1=C/N. The molecule has 0 aliphatic rings. The Kier molecular flexibility index (Phi) is 2.85. The molecule has 2 N–H and O–H groups in total. The Morgan fingerprint density at radius 3 is 2.77 bits per heavy atom. The molecule has 0 bridgehead atoms. The van der Waals surface area contributed by atoms with Gasteiger partial charge in [-0.25, -0.2) is 0 Å². The standard InChI is InChI=1S/C11H14N2/c1-4-8(2)11-10(7-12)6-5-9(3)13-11/h4-7H,1,12H2,2-3H3/b10-7-,11-8+. The summed E-state index contributed by atoms with van der Waals surface area (Å²) < 4.78 is 0. The van der Waals surface area contributed by atoms with E-state index in [2.05, 4.69) is 11.6 Å². The first-order valence-corrected chi connectivity index (χ1v) is 4.18. The van der Waals surface area contributed by atoms with Crippen molar-refractivity contribution in [1.82, 2.24) is 4.98 Å². The molecule has 0 atom stereocenters. The Hall–Kier alpha value is -1.57. The van der Waals surface area contributed by atoms with Gasteiger partial charge < -0.3 is 5.73 Å². The summed E-state index contributed by atoms with van der Waals surface area (Å²) in [6.07, 6.45) is 3.35. The number of aryl methyl sites for hydroxylation is 1. The lowest BCUT2D eigenvalue weighted by Crippen LogP contribution is -2.31. The highest BCUT2D eigenvalue weighted by Crippen LogP contribution is 1.88. The molecule has 1 aromatic rings. The number of allylic oxidation sites excluding steroid dienone is 1. The van der Waals surface area contributed by atoms with Gasteiger partial charge in [-0.15, -0.1) is 0 Å². The minimum Gasteiger partial charge on any atom is -0.404 e. The molecule has 2 nitrogen and oxygen atoms in total. The second-order valence-corrected chi connectivity index (χ2v) is 2.94. The highest BCUT2D eigenvalue weighted by Gasteiger charge is 1.91. The van der Waals surface area contributed by atoms with E-state index >= 15 is 0 Å².